The topological polar surface area (TPSA) is 119 Å². The van der Waals surface area contributed by atoms with Crippen LogP contribution in [-0.2, 0) is 14.3 Å². The summed E-state index contributed by atoms with van der Waals surface area (Å²) in [6.07, 6.45) is 2.96. The number of carbonyl (C=O) groups is 3. The molecule has 1 saturated heterocycles. The van der Waals surface area contributed by atoms with Crippen molar-refractivity contribution in [3.63, 3.8) is 0 Å². The van der Waals surface area contributed by atoms with Crippen molar-refractivity contribution in [2.45, 2.75) is 13.0 Å². The molecule has 5 rings (SSSR count). The van der Waals surface area contributed by atoms with Crippen molar-refractivity contribution in [1.29, 1.82) is 0 Å². The van der Waals surface area contributed by atoms with Crippen LogP contribution >= 0.6 is 11.3 Å². The molecule has 0 bridgehead atoms. The van der Waals surface area contributed by atoms with Gasteiger partial charge in [-0.1, -0.05) is 23.5 Å². The first-order chi connectivity index (χ1) is 17.9. The fraction of sp³-hybridized carbons (Fsp3) is 0.148. The highest BCUT2D eigenvalue weighted by Crippen LogP contribution is 2.44. The number of rotatable bonds is 6. The molecule has 4 aromatic rings. The number of aliphatic hydroxyl groups is 1. The van der Waals surface area contributed by atoms with Crippen molar-refractivity contribution < 1.29 is 29.0 Å². The average Bonchev–Trinajstić information content (AvgIpc) is 3.46. The fourth-order valence-corrected chi connectivity index (χ4v) is 5.20. The van der Waals surface area contributed by atoms with Crippen LogP contribution in [0.15, 0.2) is 72.6 Å². The minimum absolute atomic E-state index is 0.0868. The number of Topliss-reactive ketones (excluding diaryl/α,β-unsaturated/α-hetero) is 1. The molecule has 3 heterocycles. The summed E-state index contributed by atoms with van der Waals surface area (Å²) in [4.78, 5) is 48.5. The van der Waals surface area contributed by atoms with Crippen LogP contribution in [0, 0.1) is 0 Å². The summed E-state index contributed by atoms with van der Waals surface area (Å²) in [5, 5.41) is 11.5. The van der Waals surface area contributed by atoms with Crippen LogP contribution < -0.4 is 9.64 Å². The molecule has 0 aliphatic carbocycles. The molecule has 10 heteroatoms. The monoisotopic (exact) mass is 515 g/mol. The highest BCUT2D eigenvalue weighted by molar-refractivity contribution is 7.22. The lowest BCUT2D eigenvalue weighted by Gasteiger charge is -2.23. The molecule has 2 aromatic carbocycles. The summed E-state index contributed by atoms with van der Waals surface area (Å²) in [6, 6.07) is 13.8. The normalized spacial score (nSPS) is 16.8. The second kappa shape index (κ2) is 9.82. The quantitative estimate of drug-likeness (QED) is 0.173. The summed E-state index contributed by atoms with van der Waals surface area (Å²) in [5.74, 6) is -1.84. The smallest absolute Gasteiger partial charge is 0.337 e. The molecule has 1 aliphatic heterocycles. The van der Waals surface area contributed by atoms with Crippen molar-refractivity contribution in [3.8, 4) is 5.75 Å². The molecule has 2 aromatic heterocycles. The SMILES string of the molecule is CCOc1ccc2nc(N3C(=O)C(=O)C(=C(O)c4ccncc4)C3c3ccc(C(=O)OC)cc3)sc2c1. The van der Waals surface area contributed by atoms with Gasteiger partial charge in [0.1, 0.15) is 11.5 Å². The molecule has 1 unspecified atom stereocenters. The number of ketones is 1. The van der Waals surface area contributed by atoms with E-state index in [0.717, 1.165) is 4.70 Å². The van der Waals surface area contributed by atoms with Gasteiger partial charge in [-0.3, -0.25) is 19.5 Å². The highest BCUT2D eigenvalue weighted by Gasteiger charge is 2.48. The van der Waals surface area contributed by atoms with Crippen LogP contribution in [-0.4, -0.2) is 46.5 Å². The molecule has 9 nitrogen and oxygen atoms in total. The van der Waals surface area contributed by atoms with Crippen LogP contribution in [0.4, 0.5) is 5.13 Å². The van der Waals surface area contributed by atoms with Crippen molar-refractivity contribution in [3.05, 3.63) is 89.3 Å². The van der Waals surface area contributed by atoms with E-state index in [1.54, 1.807) is 48.5 Å². The van der Waals surface area contributed by atoms with E-state index < -0.39 is 23.7 Å². The second-order valence-electron chi connectivity index (χ2n) is 8.08. The predicted molar refractivity (Wildman–Crippen MR) is 138 cm³/mol. The van der Waals surface area contributed by atoms with Gasteiger partial charge in [0.15, 0.2) is 5.13 Å². The number of carbonyl (C=O) groups excluding carboxylic acids is 3. The summed E-state index contributed by atoms with van der Waals surface area (Å²) >= 11 is 1.23. The lowest BCUT2D eigenvalue weighted by Crippen LogP contribution is -2.29. The number of amides is 1. The van der Waals surface area contributed by atoms with Crippen LogP contribution in [0.25, 0.3) is 16.0 Å². The number of hydrogen-bond acceptors (Lipinski definition) is 9. The Balaban J connectivity index is 1.68. The lowest BCUT2D eigenvalue weighted by atomic mass is 9.95. The maximum absolute atomic E-state index is 13.4. The number of anilines is 1. The van der Waals surface area contributed by atoms with Gasteiger partial charge >= 0.3 is 11.9 Å². The molecule has 0 saturated carbocycles. The molecule has 1 fully saturated rings. The molecule has 0 radical (unpaired) electrons. The predicted octanol–water partition coefficient (Wildman–Crippen LogP) is 4.50. The number of thiazole rings is 1. The van der Waals surface area contributed by atoms with E-state index in [9.17, 15) is 19.5 Å². The third-order valence-electron chi connectivity index (χ3n) is 5.91. The maximum atomic E-state index is 13.4. The Labute approximate surface area is 215 Å². The van der Waals surface area contributed by atoms with Crippen LogP contribution in [0.1, 0.15) is 34.5 Å². The van der Waals surface area contributed by atoms with Gasteiger partial charge in [-0.05, 0) is 55.0 Å². The minimum atomic E-state index is -0.980. The number of aliphatic hydroxyl groups excluding tert-OH is 1. The van der Waals surface area contributed by atoms with E-state index >= 15 is 0 Å². The van der Waals surface area contributed by atoms with Gasteiger partial charge in [-0.25, -0.2) is 9.78 Å². The van der Waals surface area contributed by atoms with Crippen LogP contribution in [0.3, 0.4) is 0 Å². The second-order valence-corrected chi connectivity index (χ2v) is 9.09. The lowest BCUT2D eigenvalue weighted by molar-refractivity contribution is -0.132. The zero-order chi connectivity index (χ0) is 26.1. The Morgan fingerprint density at radius 2 is 1.78 bits per heavy atom. The zero-order valence-electron chi connectivity index (χ0n) is 19.9. The van der Waals surface area contributed by atoms with Crippen molar-refractivity contribution >= 4 is 50.1 Å². The first-order valence-electron chi connectivity index (χ1n) is 11.4. The van der Waals surface area contributed by atoms with E-state index in [-0.39, 0.29) is 11.3 Å². The number of esters is 1. The molecule has 1 amide bonds. The molecule has 1 N–H and O–H groups in total. The van der Waals surface area contributed by atoms with Gasteiger partial charge < -0.3 is 14.6 Å². The molecule has 0 spiro atoms. The summed E-state index contributed by atoms with van der Waals surface area (Å²) in [5.41, 5.74) is 1.71. The van der Waals surface area contributed by atoms with Crippen molar-refractivity contribution in [2.75, 3.05) is 18.6 Å². The Morgan fingerprint density at radius 1 is 1.05 bits per heavy atom. The summed E-state index contributed by atoms with van der Waals surface area (Å²) in [7, 11) is 1.28. The third-order valence-corrected chi connectivity index (χ3v) is 6.93. The van der Waals surface area contributed by atoms with Gasteiger partial charge in [0.05, 0.1) is 41.1 Å². The number of fused-ring (bicyclic) bond motifs is 1. The standard InChI is InChI=1S/C27H21N3O6S/c1-3-36-18-8-9-19-20(14-18)37-27(29-19)30-22(15-4-6-17(7-5-15)26(34)35-2)21(24(32)25(30)33)23(31)16-10-12-28-13-11-16/h4-14,22,31H,3H2,1-2H3. The van der Waals surface area contributed by atoms with E-state index in [4.69, 9.17) is 9.47 Å². The third kappa shape index (κ3) is 4.31. The molecular weight excluding hydrogens is 494 g/mol. The Hall–Kier alpha value is -4.57. The average molecular weight is 516 g/mol. The minimum Gasteiger partial charge on any atom is -0.507 e. The fourth-order valence-electron chi connectivity index (χ4n) is 4.18. The van der Waals surface area contributed by atoms with E-state index in [1.807, 2.05) is 13.0 Å². The van der Waals surface area contributed by atoms with Crippen molar-refractivity contribution in [1.82, 2.24) is 9.97 Å². The van der Waals surface area contributed by atoms with Crippen LogP contribution in [0.2, 0.25) is 0 Å². The molecule has 37 heavy (non-hydrogen) atoms. The summed E-state index contributed by atoms with van der Waals surface area (Å²) < 4.78 is 11.1. The molecular formula is C27H21N3O6S. The number of nitrogens with zero attached hydrogens (tertiary/aromatic N) is 3. The van der Waals surface area contributed by atoms with Gasteiger partial charge in [0.25, 0.3) is 5.78 Å². The number of aromatic nitrogens is 2. The highest BCUT2D eigenvalue weighted by atomic mass is 32.1. The number of methoxy groups -OCH3 is 1. The Morgan fingerprint density at radius 3 is 2.46 bits per heavy atom. The van der Waals surface area contributed by atoms with Gasteiger partial charge in [0.2, 0.25) is 0 Å². The van der Waals surface area contributed by atoms with E-state index in [2.05, 4.69) is 9.97 Å². The van der Waals surface area contributed by atoms with Gasteiger partial charge in [-0.2, -0.15) is 0 Å². The number of ether oxygens (including phenoxy) is 2. The van der Waals surface area contributed by atoms with Crippen LogP contribution in [0.5, 0.6) is 5.75 Å². The van der Waals surface area contributed by atoms with E-state index in [1.165, 1.54) is 35.7 Å². The number of pyridine rings is 1. The largest absolute Gasteiger partial charge is 0.507 e. The first kappa shape index (κ1) is 24.1. The zero-order valence-corrected chi connectivity index (χ0v) is 20.7. The number of benzene rings is 2. The molecule has 1 atom stereocenters. The first-order valence-corrected chi connectivity index (χ1v) is 12.2. The van der Waals surface area contributed by atoms with Crippen molar-refractivity contribution in [2.24, 2.45) is 0 Å². The molecule has 186 valence electrons. The maximum Gasteiger partial charge on any atom is 0.337 e. The summed E-state index contributed by atoms with van der Waals surface area (Å²) in [6.45, 7) is 2.39. The number of hydrogen-bond donors (Lipinski definition) is 1. The van der Waals surface area contributed by atoms with Gasteiger partial charge in [0, 0.05) is 18.0 Å². The van der Waals surface area contributed by atoms with E-state index in [0.29, 0.717) is 39.7 Å². The Kier molecular flexibility index (Phi) is 6.41. The van der Waals surface area contributed by atoms with Gasteiger partial charge in [-0.15, -0.1) is 0 Å². The molecule has 1 aliphatic rings. The Bertz CT molecular complexity index is 1550.